The van der Waals surface area contributed by atoms with E-state index in [1.165, 1.54) is 0 Å². The van der Waals surface area contributed by atoms with Gasteiger partial charge < -0.3 is 9.47 Å². The summed E-state index contributed by atoms with van der Waals surface area (Å²) in [6.45, 7) is 1.13. The second kappa shape index (κ2) is 5.25. The summed E-state index contributed by atoms with van der Waals surface area (Å²) in [7, 11) is 0. The van der Waals surface area contributed by atoms with Crippen LogP contribution in [0.3, 0.4) is 0 Å². The fraction of sp³-hybridized carbons (Fsp3) is 0.417. The zero-order valence-electron chi connectivity index (χ0n) is 9.19. The Hall–Kier alpha value is -1.16. The molecule has 0 fully saturated rings. The molecule has 4 heteroatoms. The molecule has 1 aliphatic rings. The first-order valence-electron chi connectivity index (χ1n) is 5.23. The third-order valence-electron chi connectivity index (χ3n) is 2.40. The number of hydrogen-bond acceptors (Lipinski definition) is 4. The summed E-state index contributed by atoms with van der Waals surface area (Å²) in [4.78, 5) is 11.8. The lowest BCUT2D eigenvalue weighted by molar-refractivity contribution is 0.0988. The van der Waals surface area contributed by atoms with Crippen molar-refractivity contribution in [2.45, 2.75) is 6.42 Å². The van der Waals surface area contributed by atoms with Crippen LogP contribution < -0.4 is 9.47 Å². The van der Waals surface area contributed by atoms with E-state index in [4.69, 9.17) is 9.47 Å². The van der Waals surface area contributed by atoms with E-state index in [0.717, 1.165) is 11.5 Å². The number of Topliss-reactive ketones (excluding diaryl/α,β-unsaturated/α-hetero) is 1. The minimum atomic E-state index is 0.159. The molecule has 1 heterocycles. The topological polar surface area (TPSA) is 35.5 Å². The molecular formula is C12H14O3S. The Kier molecular flexibility index (Phi) is 3.72. The minimum Gasteiger partial charge on any atom is -0.486 e. The molecule has 0 saturated carbocycles. The number of fused-ring (bicyclic) bond motifs is 1. The summed E-state index contributed by atoms with van der Waals surface area (Å²) in [5.41, 5.74) is 0.707. The minimum absolute atomic E-state index is 0.159. The number of ether oxygens (including phenoxy) is 2. The van der Waals surface area contributed by atoms with Gasteiger partial charge in [-0.15, -0.1) is 0 Å². The maximum Gasteiger partial charge on any atom is 0.163 e. The molecule has 2 rings (SSSR count). The van der Waals surface area contributed by atoms with Crippen molar-refractivity contribution in [2.75, 3.05) is 25.2 Å². The van der Waals surface area contributed by atoms with Gasteiger partial charge >= 0.3 is 0 Å². The van der Waals surface area contributed by atoms with Crippen LogP contribution in [-0.4, -0.2) is 31.0 Å². The van der Waals surface area contributed by atoms with Crippen LogP contribution in [0.1, 0.15) is 16.8 Å². The molecule has 1 aromatic carbocycles. The van der Waals surface area contributed by atoms with Crippen LogP contribution in [0.25, 0.3) is 0 Å². The van der Waals surface area contributed by atoms with Crippen molar-refractivity contribution < 1.29 is 14.3 Å². The molecule has 0 unspecified atom stereocenters. The second-order valence-corrected chi connectivity index (χ2v) is 4.51. The molecule has 0 aromatic heterocycles. The van der Waals surface area contributed by atoms with E-state index in [1.807, 2.05) is 6.26 Å². The normalized spacial score (nSPS) is 13.6. The van der Waals surface area contributed by atoms with Crippen molar-refractivity contribution in [3.05, 3.63) is 23.8 Å². The molecule has 0 aliphatic carbocycles. The zero-order chi connectivity index (χ0) is 11.4. The van der Waals surface area contributed by atoms with Crippen LogP contribution in [-0.2, 0) is 0 Å². The highest BCUT2D eigenvalue weighted by Crippen LogP contribution is 2.31. The van der Waals surface area contributed by atoms with Crippen molar-refractivity contribution in [1.29, 1.82) is 0 Å². The Morgan fingerprint density at radius 3 is 2.81 bits per heavy atom. The van der Waals surface area contributed by atoms with Crippen LogP contribution >= 0.6 is 11.8 Å². The predicted octanol–water partition coefficient (Wildman–Crippen LogP) is 2.39. The Balaban J connectivity index is 2.13. The quantitative estimate of drug-likeness (QED) is 0.755. The number of carbonyl (C=O) groups excluding carboxylic acids is 1. The first-order valence-corrected chi connectivity index (χ1v) is 6.62. The number of carbonyl (C=O) groups is 1. The molecule has 0 amide bonds. The van der Waals surface area contributed by atoms with E-state index in [1.54, 1.807) is 30.0 Å². The molecule has 0 spiro atoms. The first-order chi connectivity index (χ1) is 7.81. The van der Waals surface area contributed by atoms with Crippen molar-refractivity contribution in [1.82, 2.24) is 0 Å². The summed E-state index contributed by atoms with van der Waals surface area (Å²) in [5.74, 6) is 2.42. The second-order valence-electron chi connectivity index (χ2n) is 3.52. The van der Waals surface area contributed by atoms with Gasteiger partial charge in [-0.1, -0.05) is 0 Å². The Morgan fingerprint density at radius 2 is 2.06 bits per heavy atom. The fourth-order valence-corrected chi connectivity index (χ4v) is 1.95. The molecule has 3 nitrogen and oxygen atoms in total. The van der Waals surface area contributed by atoms with E-state index in [2.05, 4.69) is 0 Å². The van der Waals surface area contributed by atoms with Crippen LogP contribution in [0.15, 0.2) is 18.2 Å². The van der Waals surface area contributed by atoms with Crippen LogP contribution in [0.2, 0.25) is 0 Å². The molecule has 1 aromatic rings. The van der Waals surface area contributed by atoms with Crippen molar-refractivity contribution in [2.24, 2.45) is 0 Å². The highest BCUT2D eigenvalue weighted by molar-refractivity contribution is 7.98. The fourth-order valence-electron chi connectivity index (χ4n) is 1.56. The third-order valence-corrected chi connectivity index (χ3v) is 3.01. The first kappa shape index (κ1) is 11.3. The van der Waals surface area contributed by atoms with E-state index in [-0.39, 0.29) is 5.78 Å². The largest absolute Gasteiger partial charge is 0.486 e. The lowest BCUT2D eigenvalue weighted by atomic mass is 10.1. The monoisotopic (exact) mass is 238 g/mol. The highest BCUT2D eigenvalue weighted by Gasteiger charge is 2.14. The van der Waals surface area contributed by atoms with Gasteiger partial charge in [-0.25, -0.2) is 0 Å². The molecule has 1 aliphatic heterocycles. The lowest BCUT2D eigenvalue weighted by Crippen LogP contribution is -2.15. The molecule has 0 saturated heterocycles. The summed E-state index contributed by atoms with van der Waals surface area (Å²) in [6, 6.07) is 5.38. The van der Waals surface area contributed by atoms with Gasteiger partial charge in [0.2, 0.25) is 0 Å². The standard InChI is InChI=1S/C12H14O3S/c1-16-7-4-10(13)9-2-3-11-12(8-9)15-6-5-14-11/h2-3,8H,4-7H2,1H3. The van der Waals surface area contributed by atoms with Gasteiger partial charge in [0, 0.05) is 17.7 Å². The number of hydrogen-bond donors (Lipinski definition) is 0. The Labute approximate surface area is 99.1 Å². The van der Waals surface area contributed by atoms with Gasteiger partial charge in [0.05, 0.1) is 0 Å². The smallest absolute Gasteiger partial charge is 0.163 e. The van der Waals surface area contributed by atoms with Crippen molar-refractivity contribution >= 4 is 17.5 Å². The molecule has 86 valence electrons. The maximum atomic E-state index is 11.8. The molecular weight excluding hydrogens is 224 g/mol. The molecule has 0 atom stereocenters. The Morgan fingerprint density at radius 1 is 1.31 bits per heavy atom. The summed E-state index contributed by atoms with van der Waals surface area (Å²) < 4.78 is 10.8. The number of rotatable bonds is 4. The summed E-state index contributed by atoms with van der Waals surface area (Å²) in [6.07, 6.45) is 2.57. The highest BCUT2D eigenvalue weighted by atomic mass is 32.2. The number of thioether (sulfide) groups is 1. The zero-order valence-corrected chi connectivity index (χ0v) is 10.0. The molecule has 16 heavy (non-hydrogen) atoms. The maximum absolute atomic E-state index is 11.8. The molecule has 0 bridgehead atoms. The SMILES string of the molecule is CSCCC(=O)c1ccc2c(c1)OCCO2. The van der Waals surface area contributed by atoms with Crippen LogP contribution in [0.4, 0.5) is 0 Å². The molecule has 0 N–H and O–H groups in total. The molecule has 0 radical (unpaired) electrons. The van der Waals surface area contributed by atoms with Gasteiger partial charge in [-0.3, -0.25) is 4.79 Å². The summed E-state index contributed by atoms with van der Waals surface area (Å²) >= 11 is 1.68. The van der Waals surface area contributed by atoms with Crippen molar-refractivity contribution in [3.63, 3.8) is 0 Å². The summed E-state index contributed by atoms with van der Waals surface area (Å²) in [5, 5.41) is 0. The van der Waals surface area contributed by atoms with Gasteiger partial charge in [0.1, 0.15) is 13.2 Å². The van der Waals surface area contributed by atoms with Gasteiger partial charge in [0.25, 0.3) is 0 Å². The van der Waals surface area contributed by atoms with Gasteiger partial charge in [0.15, 0.2) is 17.3 Å². The van der Waals surface area contributed by atoms with Gasteiger partial charge in [-0.2, -0.15) is 11.8 Å². The third kappa shape index (κ3) is 2.50. The van der Waals surface area contributed by atoms with E-state index in [9.17, 15) is 4.79 Å². The number of benzene rings is 1. The average Bonchev–Trinajstić information content (AvgIpc) is 2.35. The lowest BCUT2D eigenvalue weighted by Gasteiger charge is -2.18. The van der Waals surface area contributed by atoms with Crippen molar-refractivity contribution in [3.8, 4) is 11.5 Å². The predicted molar refractivity (Wildman–Crippen MR) is 64.8 cm³/mol. The number of ketones is 1. The van der Waals surface area contributed by atoms with Crippen LogP contribution in [0.5, 0.6) is 11.5 Å². The van der Waals surface area contributed by atoms with Gasteiger partial charge in [-0.05, 0) is 24.5 Å². The van der Waals surface area contributed by atoms with Crippen LogP contribution in [0, 0.1) is 0 Å². The van der Waals surface area contributed by atoms with E-state index < -0.39 is 0 Å². The Bertz CT molecular complexity index is 390. The van der Waals surface area contributed by atoms with E-state index >= 15 is 0 Å². The average molecular weight is 238 g/mol. The van der Waals surface area contributed by atoms with E-state index in [0.29, 0.717) is 30.9 Å².